The summed E-state index contributed by atoms with van der Waals surface area (Å²) in [5, 5.41) is 0.255. The molecule has 0 saturated carbocycles. The molecular formula is C15H16BrF5NaO4PS2. The number of thiophene rings is 1. The predicted molar refractivity (Wildman–Crippen MR) is 105 cm³/mol. The van der Waals surface area contributed by atoms with Crippen LogP contribution in [-0.4, -0.2) is 28.8 Å². The maximum Gasteiger partial charge on any atom is 1.00 e. The van der Waals surface area contributed by atoms with Gasteiger partial charge in [0.25, 0.3) is 0 Å². The van der Waals surface area contributed by atoms with Gasteiger partial charge in [-0.05, 0) is 46.3 Å². The standard InChI is InChI=1S/C15H15BrF5O4PS2.Na.H/c1-27-7-8-5-9-11(16)13(15(20,21)26(22,23)24)28-12(9)10(6-8)25-4-2-3-14(17,18)19;;/h5-6H,2-4,7H2,1H3,(H2,22,23,24);;/q;+1;-1. The molecule has 29 heavy (non-hydrogen) atoms. The van der Waals surface area contributed by atoms with Crippen LogP contribution in [0.2, 0.25) is 0 Å². The summed E-state index contributed by atoms with van der Waals surface area (Å²) < 4.78 is 81.9. The van der Waals surface area contributed by atoms with Crippen LogP contribution in [0.3, 0.4) is 0 Å². The first-order valence-electron chi connectivity index (χ1n) is 7.65. The molecule has 1 heterocycles. The second-order valence-electron chi connectivity index (χ2n) is 5.80. The largest absolute Gasteiger partial charge is 1.00 e. The van der Waals surface area contributed by atoms with Crippen LogP contribution in [0.5, 0.6) is 5.75 Å². The summed E-state index contributed by atoms with van der Waals surface area (Å²) in [6, 6.07) is 3.11. The molecule has 0 radical (unpaired) electrons. The summed E-state index contributed by atoms with van der Waals surface area (Å²) in [7, 11) is -5.78. The molecule has 0 spiro atoms. The fourth-order valence-electron chi connectivity index (χ4n) is 2.33. The van der Waals surface area contributed by atoms with Gasteiger partial charge in [-0.3, -0.25) is 4.57 Å². The van der Waals surface area contributed by atoms with Gasteiger partial charge in [0.15, 0.2) is 0 Å². The topological polar surface area (TPSA) is 66.8 Å². The summed E-state index contributed by atoms with van der Waals surface area (Å²) in [6.07, 6.45) is -3.87. The fourth-order valence-corrected chi connectivity index (χ4v) is 5.81. The van der Waals surface area contributed by atoms with Gasteiger partial charge in [0, 0.05) is 22.0 Å². The van der Waals surface area contributed by atoms with E-state index in [1.807, 2.05) is 6.26 Å². The molecule has 1 aromatic heterocycles. The van der Waals surface area contributed by atoms with Crippen LogP contribution in [0.25, 0.3) is 10.1 Å². The quantitative estimate of drug-likeness (QED) is 0.227. The van der Waals surface area contributed by atoms with Gasteiger partial charge in [-0.2, -0.15) is 33.7 Å². The summed E-state index contributed by atoms with van der Waals surface area (Å²) >= 11 is 4.85. The molecule has 2 aromatic rings. The number of fused-ring (bicyclic) bond motifs is 1. The van der Waals surface area contributed by atoms with Crippen molar-refractivity contribution >= 4 is 56.7 Å². The molecule has 1 aromatic carbocycles. The molecule has 0 aliphatic rings. The minimum Gasteiger partial charge on any atom is -1.00 e. The minimum absolute atomic E-state index is 0. The van der Waals surface area contributed by atoms with E-state index in [0.29, 0.717) is 22.7 Å². The van der Waals surface area contributed by atoms with E-state index in [1.54, 1.807) is 6.07 Å². The van der Waals surface area contributed by atoms with Crippen LogP contribution in [0.1, 0.15) is 24.7 Å². The van der Waals surface area contributed by atoms with Crippen LogP contribution in [0.4, 0.5) is 22.0 Å². The van der Waals surface area contributed by atoms with Gasteiger partial charge in [0.05, 0.1) is 11.3 Å². The van der Waals surface area contributed by atoms with Gasteiger partial charge in [-0.1, -0.05) is 0 Å². The molecule has 4 nitrogen and oxygen atoms in total. The van der Waals surface area contributed by atoms with Gasteiger partial charge in [-0.25, -0.2) is 0 Å². The van der Waals surface area contributed by atoms with Gasteiger partial charge in [0.2, 0.25) is 0 Å². The van der Waals surface area contributed by atoms with Crippen LogP contribution in [0.15, 0.2) is 16.6 Å². The molecule has 2 rings (SSSR count). The van der Waals surface area contributed by atoms with Crippen LogP contribution >= 0.6 is 46.6 Å². The number of rotatable bonds is 8. The Morgan fingerprint density at radius 1 is 1.28 bits per heavy atom. The Balaban J connectivity index is 0.00000420. The van der Waals surface area contributed by atoms with Gasteiger partial charge < -0.3 is 16.0 Å². The van der Waals surface area contributed by atoms with E-state index in [-0.39, 0.29) is 64.3 Å². The third-order valence-electron chi connectivity index (χ3n) is 3.57. The maximum absolute atomic E-state index is 14.2. The summed E-state index contributed by atoms with van der Waals surface area (Å²) in [5.74, 6) is 0.587. The summed E-state index contributed by atoms with van der Waals surface area (Å²) in [4.78, 5) is 17.2. The zero-order chi connectivity index (χ0) is 21.3. The number of hydrogen-bond acceptors (Lipinski definition) is 4. The number of alkyl halides is 5. The predicted octanol–water partition coefficient (Wildman–Crippen LogP) is 3.59. The van der Waals surface area contributed by atoms with E-state index in [4.69, 9.17) is 14.5 Å². The molecular weight excluding hydrogens is 537 g/mol. The van der Waals surface area contributed by atoms with E-state index in [0.717, 1.165) is 0 Å². The van der Waals surface area contributed by atoms with E-state index in [9.17, 15) is 26.5 Å². The van der Waals surface area contributed by atoms with E-state index < -0.39 is 30.7 Å². The van der Waals surface area contributed by atoms with Crippen molar-refractivity contribution in [3.8, 4) is 5.75 Å². The molecule has 14 heteroatoms. The molecule has 2 N–H and O–H groups in total. The minimum atomic E-state index is -5.78. The monoisotopic (exact) mass is 552 g/mol. The average molecular weight is 553 g/mol. The van der Waals surface area contributed by atoms with Crippen molar-refractivity contribution in [3.63, 3.8) is 0 Å². The van der Waals surface area contributed by atoms with E-state index in [1.165, 1.54) is 17.8 Å². The van der Waals surface area contributed by atoms with Gasteiger partial charge in [0.1, 0.15) is 10.6 Å². The molecule has 0 aliphatic heterocycles. The van der Waals surface area contributed by atoms with Crippen molar-refractivity contribution in [1.82, 2.24) is 0 Å². The first-order valence-corrected chi connectivity index (χ1v) is 12.3. The number of benzene rings is 1. The molecule has 0 amide bonds. The van der Waals surface area contributed by atoms with Crippen molar-refractivity contribution in [1.29, 1.82) is 0 Å². The molecule has 0 bridgehead atoms. The van der Waals surface area contributed by atoms with E-state index in [2.05, 4.69) is 15.9 Å². The fraction of sp³-hybridized carbons (Fsp3) is 0.467. The third-order valence-corrected chi connectivity index (χ3v) is 7.67. The first kappa shape index (κ1) is 27.6. The Hall–Kier alpha value is 0.610. The van der Waals surface area contributed by atoms with Crippen LogP contribution in [-0.2, 0) is 16.0 Å². The Labute approximate surface area is 203 Å². The van der Waals surface area contributed by atoms with E-state index >= 15 is 0 Å². The summed E-state index contributed by atoms with van der Waals surface area (Å²) in [6.45, 7) is -0.281. The Kier molecular flexibility index (Phi) is 9.99. The molecule has 160 valence electrons. The molecule has 0 aliphatic carbocycles. The Bertz CT molecular complexity index is 909. The molecule has 0 saturated heterocycles. The van der Waals surface area contributed by atoms with Gasteiger partial charge in [-0.15, -0.1) is 11.3 Å². The number of ether oxygens (including phenoxy) is 1. The van der Waals surface area contributed by atoms with Crippen molar-refractivity contribution in [2.24, 2.45) is 0 Å². The summed E-state index contributed by atoms with van der Waals surface area (Å²) in [5.41, 5.74) is -3.74. The zero-order valence-electron chi connectivity index (χ0n) is 16.2. The van der Waals surface area contributed by atoms with Gasteiger partial charge >= 0.3 is 49.0 Å². The van der Waals surface area contributed by atoms with Crippen molar-refractivity contribution < 1.29 is 72.0 Å². The SMILES string of the molecule is CSCc1cc(OCCCC(F)(F)F)c2sc(C(F)(F)P(=O)(O)O)c(Br)c2c1.[H-].[Na+]. The van der Waals surface area contributed by atoms with Crippen molar-refractivity contribution in [2.75, 3.05) is 12.9 Å². The average Bonchev–Trinajstić information content (AvgIpc) is 2.88. The normalized spacial score (nSPS) is 12.9. The first-order chi connectivity index (χ1) is 12.8. The van der Waals surface area contributed by atoms with Crippen LogP contribution in [0, 0.1) is 0 Å². The second kappa shape index (κ2) is 10.5. The zero-order valence-corrected chi connectivity index (χ0v) is 21.3. The van der Waals surface area contributed by atoms with Crippen LogP contribution < -0.4 is 34.3 Å². The van der Waals surface area contributed by atoms with Crippen molar-refractivity contribution in [2.45, 2.75) is 30.4 Å². The molecule has 0 fully saturated rings. The van der Waals surface area contributed by atoms with Crippen molar-refractivity contribution in [3.05, 3.63) is 27.0 Å². The second-order valence-corrected chi connectivity index (χ2v) is 10.1. The smallest absolute Gasteiger partial charge is 1.00 e. The molecule has 0 atom stereocenters. The Morgan fingerprint density at radius 2 is 1.90 bits per heavy atom. The number of hydrogen-bond donors (Lipinski definition) is 2. The number of thioether (sulfide) groups is 1. The molecule has 0 unspecified atom stereocenters. The Morgan fingerprint density at radius 3 is 2.41 bits per heavy atom. The maximum atomic E-state index is 14.2. The number of halogens is 6. The third kappa shape index (κ3) is 6.79.